The fraction of sp³-hybridized carbons (Fsp3) is 0.167. The second-order valence-electron chi connectivity index (χ2n) is 4.75. The second kappa shape index (κ2) is 7.29. The van der Waals surface area contributed by atoms with E-state index in [9.17, 15) is 4.79 Å². The summed E-state index contributed by atoms with van der Waals surface area (Å²) in [6.45, 7) is 1.95. The molecule has 3 heteroatoms. The SMILES string of the molecule is COc1ccc(C(C)NC(=O)/C=C/c2ccccc2)cc1. The van der Waals surface area contributed by atoms with Gasteiger partial charge in [-0.1, -0.05) is 42.5 Å². The molecule has 0 saturated carbocycles. The van der Waals surface area contributed by atoms with Crippen LogP contribution in [-0.4, -0.2) is 13.0 Å². The fourth-order valence-corrected chi connectivity index (χ4v) is 1.97. The highest BCUT2D eigenvalue weighted by atomic mass is 16.5. The maximum Gasteiger partial charge on any atom is 0.244 e. The number of carbonyl (C=O) groups is 1. The Morgan fingerprint density at radius 2 is 1.76 bits per heavy atom. The molecule has 0 heterocycles. The van der Waals surface area contributed by atoms with Crippen molar-refractivity contribution in [3.05, 3.63) is 71.8 Å². The number of ether oxygens (including phenoxy) is 1. The van der Waals surface area contributed by atoms with Crippen LogP contribution < -0.4 is 10.1 Å². The van der Waals surface area contributed by atoms with Crippen LogP contribution in [0.15, 0.2) is 60.7 Å². The van der Waals surface area contributed by atoms with Crippen LogP contribution in [0.25, 0.3) is 6.08 Å². The Hall–Kier alpha value is -2.55. The number of hydrogen-bond donors (Lipinski definition) is 1. The molecule has 0 spiro atoms. The van der Waals surface area contributed by atoms with E-state index in [0.717, 1.165) is 16.9 Å². The van der Waals surface area contributed by atoms with Gasteiger partial charge in [0.2, 0.25) is 5.91 Å². The van der Waals surface area contributed by atoms with Gasteiger partial charge in [-0.3, -0.25) is 4.79 Å². The van der Waals surface area contributed by atoms with Gasteiger partial charge in [-0.15, -0.1) is 0 Å². The van der Waals surface area contributed by atoms with E-state index < -0.39 is 0 Å². The highest BCUT2D eigenvalue weighted by Crippen LogP contribution is 2.17. The van der Waals surface area contributed by atoms with Gasteiger partial charge in [0, 0.05) is 6.08 Å². The summed E-state index contributed by atoms with van der Waals surface area (Å²) in [7, 11) is 1.63. The highest BCUT2D eigenvalue weighted by molar-refractivity contribution is 5.91. The van der Waals surface area contributed by atoms with Crippen molar-refractivity contribution in [1.29, 1.82) is 0 Å². The van der Waals surface area contributed by atoms with Gasteiger partial charge in [0.05, 0.1) is 13.2 Å². The average molecular weight is 281 g/mol. The minimum Gasteiger partial charge on any atom is -0.497 e. The topological polar surface area (TPSA) is 38.3 Å². The highest BCUT2D eigenvalue weighted by Gasteiger charge is 2.07. The van der Waals surface area contributed by atoms with E-state index in [1.54, 1.807) is 19.3 Å². The molecule has 0 aromatic heterocycles. The van der Waals surface area contributed by atoms with E-state index in [-0.39, 0.29) is 11.9 Å². The molecule has 3 nitrogen and oxygen atoms in total. The molecule has 0 radical (unpaired) electrons. The van der Waals surface area contributed by atoms with Gasteiger partial charge in [0.15, 0.2) is 0 Å². The van der Waals surface area contributed by atoms with Crippen LogP contribution in [0.5, 0.6) is 5.75 Å². The zero-order valence-electron chi connectivity index (χ0n) is 12.2. The van der Waals surface area contributed by atoms with Gasteiger partial charge in [-0.25, -0.2) is 0 Å². The van der Waals surface area contributed by atoms with Crippen LogP contribution >= 0.6 is 0 Å². The van der Waals surface area contributed by atoms with Crippen molar-refractivity contribution in [3.63, 3.8) is 0 Å². The summed E-state index contributed by atoms with van der Waals surface area (Å²) in [6.07, 6.45) is 3.35. The van der Waals surface area contributed by atoms with Gasteiger partial charge in [-0.05, 0) is 36.3 Å². The Morgan fingerprint density at radius 1 is 1.10 bits per heavy atom. The van der Waals surface area contributed by atoms with Crippen molar-refractivity contribution in [2.75, 3.05) is 7.11 Å². The van der Waals surface area contributed by atoms with Crippen LogP contribution in [0.1, 0.15) is 24.1 Å². The predicted molar refractivity (Wildman–Crippen MR) is 85.0 cm³/mol. The van der Waals surface area contributed by atoms with Crippen molar-refractivity contribution in [3.8, 4) is 5.75 Å². The number of hydrogen-bond acceptors (Lipinski definition) is 2. The number of amides is 1. The van der Waals surface area contributed by atoms with Crippen molar-refractivity contribution < 1.29 is 9.53 Å². The van der Waals surface area contributed by atoms with Gasteiger partial charge in [0.1, 0.15) is 5.75 Å². The number of carbonyl (C=O) groups excluding carboxylic acids is 1. The minimum absolute atomic E-state index is 0.0520. The number of nitrogens with one attached hydrogen (secondary N) is 1. The van der Waals surface area contributed by atoms with Crippen LogP contribution in [-0.2, 0) is 4.79 Å². The number of rotatable bonds is 5. The largest absolute Gasteiger partial charge is 0.497 e. The third-order valence-electron chi connectivity index (χ3n) is 3.20. The summed E-state index contributed by atoms with van der Waals surface area (Å²) in [6, 6.07) is 17.4. The van der Waals surface area contributed by atoms with E-state index in [1.807, 2.05) is 61.5 Å². The van der Waals surface area contributed by atoms with Gasteiger partial charge < -0.3 is 10.1 Å². The van der Waals surface area contributed by atoms with Crippen LogP contribution in [0.3, 0.4) is 0 Å². The van der Waals surface area contributed by atoms with Crippen molar-refractivity contribution in [2.24, 2.45) is 0 Å². The van der Waals surface area contributed by atoms with E-state index in [0.29, 0.717) is 0 Å². The maximum absolute atomic E-state index is 11.9. The molecule has 1 N–H and O–H groups in total. The minimum atomic E-state index is -0.109. The predicted octanol–water partition coefficient (Wildman–Crippen LogP) is 3.59. The van der Waals surface area contributed by atoms with E-state index in [1.165, 1.54) is 0 Å². The summed E-state index contributed by atoms with van der Waals surface area (Å²) in [5.74, 6) is 0.698. The molecular weight excluding hydrogens is 262 g/mol. The van der Waals surface area contributed by atoms with Gasteiger partial charge in [-0.2, -0.15) is 0 Å². The number of methoxy groups -OCH3 is 1. The quantitative estimate of drug-likeness (QED) is 0.851. The first-order valence-electron chi connectivity index (χ1n) is 6.86. The van der Waals surface area contributed by atoms with Crippen LogP contribution in [0.2, 0.25) is 0 Å². The molecule has 0 aliphatic heterocycles. The van der Waals surface area contributed by atoms with Gasteiger partial charge >= 0.3 is 0 Å². The molecular formula is C18H19NO2. The van der Waals surface area contributed by atoms with Crippen LogP contribution in [0, 0.1) is 0 Å². The summed E-state index contributed by atoms with van der Waals surface area (Å²) >= 11 is 0. The van der Waals surface area contributed by atoms with E-state index >= 15 is 0 Å². The Bertz CT molecular complexity index is 603. The monoisotopic (exact) mass is 281 g/mol. The molecule has 2 aromatic carbocycles. The molecule has 21 heavy (non-hydrogen) atoms. The standard InChI is InChI=1S/C18H19NO2/c1-14(16-9-11-17(21-2)12-10-16)19-18(20)13-8-15-6-4-3-5-7-15/h3-14H,1-2H3,(H,19,20)/b13-8+. The van der Waals surface area contributed by atoms with E-state index in [4.69, 9.17) is 4.74 Å². The Labute approximate surface area is 125 Å². The van der Waals surface area contributed by atoms with Gasteiger partial charge in [0.25, 0.3) is 0 Å². The first kappa shape index (κ1) is 14.9. The van der Waals surface area contributed by atoms with Crippen molar-refractivity contribution >= 4 is 12.0 Å². The Kier molecular flexibility index (Phi) is 5.16. The molecule has 0 saturated heterocycles. The normalized spacial score (nSPS) is 12.1. The third-order valence-corrected chi connectivity index (χ3v) is 3.20. The molecule has 0 fully saturated rings. The molecule has 2 aromatic rings. The average Bonchev–Trinajstić information content (AvgIpc) is 2.54. The van der Waals surface area contributed by atoms with Crippen molar-refractivity contribution in [1.82, 2.24) is 5.32 Å². The molecule has 108 valence electrons. The summed E-state index contributed by atoms with van der Waals surface area (Å²) < 4.78 is 5.12. The first-order valence-corrected chi connectivity index (χ1v) is 6.86. The molecule has 1 unspecified atom stereocenters. The smallest absolute Gasteiger partial charge is 0.244 e. The summed E-state index contributed by atoms with van der Waals surface area (Å²) in [5, 5.41) is 2.94. The maximum atomic E-state index is 11.9. The molecule has 2 rings (SSSR count). The van der Waals surface area contributed by atoms with Crippen LogP contribution in [0.4, 0.5) is 0 Å². The fourth-order valence-electron chi connectivity index (χ4n) is 1.97. The molecule has 0 aliphatic carbocycles. The zero-order valence-corrected chi connectivity index (χ0v) is 12.2. The third kappa shape index (κ3) is 4.49. The first-order chi connectivity index (χ1) is 10.2. The second-order valence-corrected chi connectivity index (χ2v) is 4.75. The lowest BCUT2D eigenvalue weighted by atomic mass is 10.1. The lowest BCUT2D eigenvalue weighted by Gasteiger charge is -2.13. The molecule has 1 atom stereocenters. The zero-order chi connectivity index (χ0) is 15.1. The van der Waals surface area contributed by atoms with Crippen molar-refractivity contribution in [2.45, 2.75) is 13.0 Å². The number of benzene rings is 2. The Balaban J connectivity index is 1.93. The molecule has 0 bridgehead atoms. The Morgan fingerprint density at radius 3 is 2.38 bits per heavy atom. The van der Waals surface area contributed by atoms with E-state index in [2.05, 4.69) is 5.32 Å². The lowest BCUT2D eigenvalue weighted by Crippen LogP contribution is -2.24. The summed E-state index contributed by atoms with van der Waals surface area (Å²) in [4.78, 5) is 11.9. The molecule has 1 amide bonds. The lowest BCUT2D eigenvalue weighted by molar-refractivity contribution is -0.117. The summed E-state index contributed by atoms with van der Waals surface area (Å²) in [5.41, 5.74) is 2.04. The molecule has 0 aliphatic rings.